The number of hydrogen-bond acceptors (Lipinski definition) is 2. The van der Waals surface area contributed by atoms with E-state index >= 15 is 0 Å². The van der Waals surface area contributed by atoms with Crippen LogP contribution in [0.4, 0.5) is 5.69 Å². The number of nitrogen functional groups attached to an aromatic ring is 1. The molecule has 132 valence electrons. The highest BCUT2D eigenvalue weighted by molar-refractivity contribution is 5.81. The molecule has 2 nitrogen and oxygen atoms in total. The summed E-state index contributed by atoms with van der Waals surface area (Å²) in [7, 11) is 0. The Balaban J connectivity index is 1.49. The molecule has 0 fully saturated rings. The largest absolute Gasteiger partial charge is 0.491 e. The van der Waals surface area contributed by atoms with Crippen molar-refractivity contribution in [2.45, 2.75) is 52.4 Å². The van der Waals surface area contributed by atoms with Gasteiger partial charge in [-0.25, -0.2) is 0 Å². The molecule has 0 atom stereocenters. The van der Waals surface area contributed by atoms with Crippen LogP contribution in [0, 0.1) is 6.92 Å². The van der Waals surface area contributed by atoms with E-state index in [9.17, 15) is 0 Å². The zero-order valence-corrected chi connectivity index (χ0v) is 15.5. The second-order valence-corrected chi connectivity index (χ2v) is 6.98. The molecule has 2 N–H and O–H groups in total. The van der Waals surface area contributed by atoms with Crippen LogP contribution in [0.5, 0.6) is 5.75 Å². The minimum Gasteiger partial charge on any atom is -0.491 e. The van der Waals surface area contributed by atoms with Crippen LogP contribution < -0.4 is 10.5 Å². The Kier molecular flexibility index (Phi) is 5.80. The SMILES string of the molecule is C/C=C1\CCc2ccc(N)c(OCCCCCc3cccc(C)c3)c21. The highest BCUT2D eigenvalue weighted by atomic mass is 16.5. The van der Waals surface area contributed by atoms with Crippen molar-refractivity contribution in [2.24, 2.45) is 0 Å². The Morgan fingerprint density at radius 1 is 1.08 bits per heavy atom. The molecule has 0 bridgehead atoms. The highest BCUT2D eigenvalue weighted by Crippen LogP contribution is 2.42. The second-order valence-electron chi connectivity index (χ2n) is 6.98. The number of unbranched alkanes of at least 4 members (excludes halogenated alkanes) is 2. The van der Waals surface area contributed by atoms with E-state index in [1.54, 1.807) is 0 Å². The molecule has 2 aromatic carbocycles. The maximum atomic E-state index is 6.19. The zero-order chi connectivity index (χ0) is 17.6. The Morgan fingerprint density at radius 3 is 2.76 bits per heavy atom. The van der Waals surface area contributed by atoms with Crippen LogP contribution in [-0.2, 0) is 12.8 Å². The number of ether oxygens (including phenoxy) is 1. The molecule has 2 heteroatoms. The lowest BCUT2D eigenvalue weighted by molar-refractivity contribution is 0.306. The van der Waals surface area contributed by atoms with Gasteiger partial charge in [-0.2, -0.15) is 0 Å². The van der Waals surface area contributed by atoms with Gasteiger partial charge in [0.05, 0.1) is 12.3 Å². The van der Waals surface area contributed by atoms with E-state index < -0.39 is 0 Å². The molecule has 0 saturated heterocycles. The predicted octanol–water partition coefficient (Wildman–Crippen LogP) is 5.72. The molecule has 25 heavy (non-hydrogen) atoms. The first-order valence-electron chi connectivity index (χ1n) is 9.44. The number of rotatable bonds is 7. The fourth-order valence-electron chi connectivity index (χ4n) is 3.69. The third-order valence-electron chi connectivity index (χ3n) is 5.05. The fourth-order valence-corrected chi connectivity index (χ4v) is 3.69. The number of benzene rings is 2. The first-order chi connectivity index (χ1) is 12.2. The van der Waals surface area contributed by atoms with Gasteiger partial charge in [0.1, 0.15) is 5.75 Å². The number of anilines is 1. The van der Waals surface area contributed by atoms with Crippen molar-refractivity contribution in [3.63, 3.8) is 0 Å². The second kappa shape index (κ2) is 8.24. The molecule has 1 aliphatic rings. The van der Waals surface area contributed by atoms with Gasteiger partial charge >= 0.3 is 0 Å². The van der Waals surface area contributed by atoms with E-state index in [-0.39, 0.29) is 0 Å². The lowest BCUT2D eigenvalue weighted by atomic mass is 10.0. The van der Waals surface area contributed by atoms with Crippen molar-refractivity contribution in [3.05, 3.63) is 64.7 Å². The quantitative estimate of drug-likeness (QED) is 0.519. The third-order valence-corrected chi connectivity index (χ3v) is 5.05. The summed E-state index contributed by atoms with van der Waals surface area (Å²) >= 11 is 0. The normalized spacial score (nSPS) is 14.7. The van der Waals surface area contributed by atoms with Crippen LogP contribution in [-0.4, -0.2) is 6.61 Å². The molecular weight excluding hydrogens is 306 g/mol. The number of nitrogens with two attached hydrogens (primary N) is 1. The summed E-state index contributed by atoms with van der Waals surface area (Å²) in [6.45, 7) is 4.99. The smallest absolute Gasteiger partial charge is 0.149 e. The number of aryl methyl sites for hydroxylation is 3. The van der Waals surface area contributed by atoms with E-state index in [1.165, 1.54) is 40.7 Å². The van der Waals surface area contributed by atoms with Gasteiger partial charge in [0.2, 0.25) is 0 Å². The van der Waals surface area contributed by atoms with Crippen LogP contribution >= 0.6 is 0 Å². The molecule has 0 spiro atoms. The predicted molar refractivity (Wildman–Crippen MR) is 107 cm³/mol. The number of allylic oxidation sites excluding steroid dienone is 2. The minimum atomic E-state index is 0.742. The van der Waals surface area contributed by atoms with E-state index in [2.05, 4.69) is 50.3 Å². The lowest BCUT2D eigenvalue weighted by Crippen LogP contribution is -2.03. The van der Waals surface area contributed by atoms with Gasteiger partial charge in [0.15, 0.2) is 0 Å². The van der Waals surface area contributed by atoms with E-state index in [1.807, 2.05) is 6.07 Å². The average Bonchev–Trinajstić information content (AvgIpc) is 3.03. The molecular formula is C23H29NO. The van der Waals surface area contributed by atoms with Gasteiger partial charge < -0.3 is 10.5 Å². The molecule has 3 rings (SSSR count). The van der Waals surface area contributed by atoms with Gasteiger partial charge in [-0.1, -0.05) is 42.0 Å². The molecule has 0 radical (unpaired) electrons. The van der Waals surface area contributed by atoms with Gasteiger partial charge in [0.25, 0.3) is 0 Å². The lowest BCUT2D eigenvalue weighted by Gasteiger charge is -2.14. The Hall–Kier alpha value is -2.22. The molecule has 1 aliphatic carbocycles. The average molecular weight is 335 g/mol. The summed E-state index contributed by atoms with van der Waals surface area (Å²) in [4.78, 5) is 0. The van der Waals surface area contributed by atoms with E-state index in [0.717, 1.165) is 43.7 Å². The Labute approximate surface area is 151 Å². The standard InChI is InChI=1S/C23H29NO/c1-3-19-11-12-20-13-14-21(24)23(22(19)20)25-15-6-4-5-9-18-10-7-8-17(2)16-18/h3,7-8,10,13-14,16H,4-6,9,11-12,15,24H2,1-2H3/b19-3+. The van der Waals surface area contributed by atoms with E-state index in [4.69, 9.17) is 10.5 Å². The maximum Gasteiger partial charge on any atom is 0.149 e. The zero-order valence-electron chi connectivity index (χ0n) is 15.5. The summed E-state index contributed by atoms with van der Waals surface area (Å²) in [5.74, 6) is 0.904. The van der Waals surface area contributed by atoms with Crippen LogP contribution in [0.15, 0.2) is 42.5 Å². The molecule has 0 aromatic heterocycles. The fraction of sp³-hybridized carbons (Fsp3) is 0.391. The molecule has 0 heterocycles. The van der Waals surface area contributed by atoms with Crippen LogP contribution in [0.3, 0.4) is 0 Å². The van der Waals surface area contributed by atoms with Crippen molar-refractivity contribution in [2.75, 3.05) is 12.3 Å². The summed E-state index contributed by atoms with van der Waals surface area (Å²) in [6.07, 6.45) is 8.99. The summed E-state index contributed by atoms with van der Waals surface area (Å²) < 4.78 is 6.12. The minimum absolute atomic E-state index is 0.742. The van der Waals surface area contributed by atoms with Crippen LogP contribution in [0.25, 0.3) is 5.57 Å². The highest BCUT2D eigenvalue weighted by Gasteiger charge is 2.21. The third kappa shape index (κ3) is 4.25. The monoisotopic (exact) mass is 335 g/mol. The van der Waals surface area contributed by atoms with Gasteiger partial charge in [-0.3, -0.25) is 0 Å². The van der Waals surface area contributed by atoms with Gasteiger partial charge in [-0.15, -0.1) is 0 Å². The van der Waals surface area contributed by atoms with Gasteiger partial charge in [-0.05, 0) is 75.1 Å². The summed E-state index contributed by atoms with van der Waals surface area (Å²) in [5, 5.41) is 0. The Morgan fingerprint density at radius 2 is 1.96 bits per heavy atom. The number of fused-ring (bicyclic) bond motifs is 1. The van der Waals surface area contributed by atoms with Crippen molar-refractivity contribution < 1.29 is 4.74 Å². The van der Waals surface area contributed by atoms with Crippen LogP contribution in [0.2, 0.25) is 0 Å². The van der Waals surface area contributed by atoms with Crippen LogP contribution in [0.1, 0.15) is 54.9 Å². The first kappa shape index (κ1) is 17.6. The van der Waals surface area contributed by atoms with E-state index in [0.29, 0.717) is 0 Å². The molecule has 0 unspecified atom stereocenters. The first-order valence-corrected chi connectivity index (χ1v) is 9.44. The van der Waals surface area contributed by atoms with Gasteiger partial charge in [0, 0.05) is 5.56 Å². The molecule has 2 aromatic rings. The molecule has 0 amide bonds. The summed E-state index contributed by atoms with van der Waals surface area (Å²) in [5.41, 5.74) is 13.7. The van der Waals surface area contributed by atoms with Crippen molar-refractivity contribution >= 4 is 11.3 Å². The summed E-state index contributed by atoms with van der Waals surface area (Å²) in [6, 6.07) is 12.9. The molecule has 0 saturated carbocycles. The topological polar surface area (TPSA) is 35.2 Å². The number of hydrogen-bond donors (Lipinski definition) is 1. The van der Waals surface area contributed by atoms with Crippen molar-refractivity contribution in [1.29, 1.82) is 0 Å². The van der Waals surface area contributed by atoms with Crippen molar-refractivity contribution in [3.8, 4) is 5.75 Å². The molecule has 0 aliphatic heterocycles. The Bertz CT molecular complexity index is 761. The maximum absolute atomic E-state index is 6.19. The van der Waals surface area contributed by atoms with Crippen molar-refractivity contribution in [1.82, 2.24) is 0 Å².